The number of nitrogens with zero attached hydrogens (tertiary/aromatic N) is 5. The zero-order chi connectivity index (χ0) is 23.2. The van der Waals surface area contributed by atoms with Crippen molar-refractivity contribution in [2.24, 2.45) is 0 Å². The SMILES string of the molecule is Cc1cnc(C(=O)N(CCC(=O)N2CCN(c3ccccc3Cl)CC2)Cc2ccco2)cn1. The van der Waals surface area contributed by atoms with Crippen LogP contribution in [0.5, 0.6) is 0 Å². The van der Waals surface area contributed by atoms with Gasteiger partial charge in [0.2, 0.25) is 5.91 Å². The highest BCUT2D eigenvalue weighted by molar-refractivity contribution is 6.33. The van der Waals surface area contributed by atoms with Crippen LogP contribution in [0.1, 0.15) is 28.4 Å². The van der Waals surface area contributed by atoms with E-state index in [9.17, 15) is 9.59 Å². The Morgan fingerprint density at radius 2 is 1.85 bits per heavy atom. The molecule has 1 aromatic carbocycles. The average Bonchev–Trinajstić information content (AvgIpc) is 3.35. The summed E-state index contributed by atoms with van der Waals surface area (Å²) in [4.78, 5) is 39.9. The number of piperazine rings is 1. The first kappa shape index (κ1) is 22.8. The molecule has 0 aliphatic carbocycles. The lowest BCUT2D eigenvalue weighted by atomic mass is 10.2. The molecule has 0 spiro atoms. The van der Waals surface area contributed by atoms with E-state index in [1.807, 2.05) is 36.1 Å². The van der Waals surface area contributed by atoms with E-state index in [2.05, 4.69) is 14.9 Å². The number of para-hydroxylation sites is 1. The highest BCUT2D eigenvalue weighted by atomic mass is 35.5. The lowest BCUT2D eigenvalue weighted by Crippen LogP contribution is -2.49. The standard InChI is InChI=1S/C24H26ClN5O3/c1-18-15-27-21(16-26-18)24(32)30(17-19-5-4-14-33-19)9-8-23(31)29-12-10-28(11-13-29)22-7-3-2-6-20(22)25/h2-7,14-16H,8-13,17H2,1H3. The molecule has 2 amide bonds. The number of aromatic nitrogens is 2. The second kappa shape index (κ2) is 10.5. The molecule has 172 valence electrons. The number of hydrogen-bond acceptors (Lipinski definition) is 6. The van der Waals surface area contributed by atoms with Crippen molar-refractivity contribution >= 4 is 29.1 Å². The van der Waals surface area contributed by atoms with E-state index in [-0.39, 0.29) is 37.0 Å². The molecule has 1 aliphatic rings. The number of rotatable bonds is 7. The smallest absolute Gasteiger partial charge is 0.274 e. The number of carbonyl (C=O) groups excluding carboxylic acids is 2. The summed E-state index contributed by atoms with van der Waals surface area (Å²) in [6.07, 6.45) is 4.80. The quantitative estimate of drug-likeness (QED) is 0.529. The number of halogens is 1. The Morgan fingerprint density at radius 3 is 2.52 bits per heavy atom. The van der Waals surface area contributed by atoms with Crippen LogP contribution in [0.2, 0.25) is 5.02 Å². The van der Waals surface area contributed by atoms with Crippen LogP contribution in [-0.4, -0.2) is 64.3 Å². The maximum Gasteiger partial charge on any atom is 0.274 e. The molecule has 0 atom stereocenters. The minimum absolute atomic E-state index is 0.0149. The van der Waals surface area contributed by atoms with Crippen molar-refractivity contribution < 1.29 is 14.0 Å². The summed E-state index contributed by atoms with van der Waals surface area (Å²) in [5, 5.41) is 0.712. The molecule has 0 bridgehead atoms. The molecule has 3 aromatic rings. The zero-order valence-corrected chi connectivity index (χ0v) is 19.2. The van der Waals surface area contributed by atoms with Crippen molar-refractivity contribution in [3.8, 4) is 0 Å². The van der Waals surface area contributed by atoms with Crippen molar-refractivity contribution in [2.75, 3.05) is 37.6 Å². The molecular weight excluding hydrogens is 442 g/mol. The first-order chi connectivity index (χ1) is 16.0. The summed E-state index contributed by atoms with van der Waals surface area (Å²) in [6, 6.07) is 11.3. The summed E-state index contributed by atoms with van der Waals surface area (Å²) in [5.74, 6) is 0.375. The Morgan fingerprint density at radius 1 is 1.06 bits per heavy atom. The van der Waals surface area contributed by atoms with Gasteiger partial charge in [0.1, 0.15) is 11.5 Å². The van der Waals surface area contributed by atoms with Crippen molar-refractivity contribution in [1.29, 1.82) is 0 Å². The van der Waals surface area contributed by atoms with Gasteiger partial charge in [-0.15, -0.1) is 0 Å². The topological polar surface area (TPSA) is 82.8 Å². The maximum atomic E-state index is 13.0. The molecule has 4 rings (SSSR count). The van der Waals surface area contributed by atoms with Crippen LogP contribution in [0.25, 0.3) is 0 Å². The van der Waals surface area contributed by atoms with Gasteiger partial charge in [-0.1, -0.05) is 23.7 Å². The van der Waals surface area contributed by atoms with Gasteiger partial charge in [-0.3, -0.25) is 14.6 Å². The lowest BCUT2D eigenvalue weighted by Gasteiger charge is -2.36. The Labute approximate surface area is 197 Å². The van der Waals surface area contributed by atoms with Gasteiger partial charge in [-0.05, 0) is 31.2 Å². The molecule has 3 heterocycles. The summed E-state index contributed by atoms with van der Waals surface area (Å²) >= 11 is 6.31. The van der Waals surface area contributed by atoms with Crippen molar-refractivity contribution in [1.82, 2.24) is 19.8 Å². The van der Waals surface area contributed by atoms with Crippen molar-refractivity contribution in [3.63, 3.8) is 0 Å². The predicted molar refractivity (Wildman–Crippen MR) is 125 cm³/mol. The van der Waals surface area contributed by atoms with Crippen LogP contribution < -0.4 is 4.90 Å². The van der Waals surface area contributed by atoms with Crippen LogP contribution in [0.3, 0.4) is 0 Å². The van der Waals surface area contributed by atoms with E-state index >= 15 is 0 Å². The third kappa shape index (κ3) is 5.70. The summed E-state index contributed by atoms with van der Waals surface area (Å²) in [5.41, 5.74) is 1.96. The van der Waals surface area contributed by atoms with Crippen LogP contribution in [0.4, 0.5) is 5.69 Å². The fourth-order valence-electron chi connectivity index (χ4n) is 3.80. The van der Waals surface area contributed by atoms with E-state index < -0.39 is 0 Å². The van der Waals surface area contributed by atoms with Gasteiger partial charge in [0, 0.05) is 45.3 Å². The molecule has 0 unspecified atom stereocenters. The molecule has 33 heavy (non-hydrogen) atoms. The summed E-state index contributed by atoms with van der Waals surface area (Å²) in [7, 11) is 0. The Bertz CT molecular complexity index is 1080. The largest absolute Gasteiger partial charge is 0.467 e. The highest BCUT2D eigenvalue weighted by Crippen LogP contribution is 2.26. The zero-order valence-electron chi connectivity index (χ0n) is 18.5. The lowest BCUT2D eigenvalue weighted by molar-refractivity contribution is -0.131. The fraction of sp³-hybridized carbons (Fsp3) is 0.333. The van der Waals surface area contributed by atoms with Gasteiger partial charge in [-0.2, -0.15) is 0 Å². The molecule has 9 heteroatoms. The first-order valence-corrected chi connectivity index (χ1v) is 11.3. The third-order valence-electron chi connectivity index (χ3n) is 5.64. The van der Waals surface area contributed by atoms with Crippen molar-refractivity contribution in [3.05, 3.63) is 77.2 Å². The van der Waals surface area contributed by atoms with Gasteiger partial charge >= 0.3 is 0 Å². The first-order valence-electron chi connectivity index (χ1n) is 10.9. The number of benzene rings is 1. The number of anilines is 1. The molecule has 2 aromatic heterocycles. The van der Waals surface area contributed by atoms with Crippen LogP contribution in [0, 0.1) is 6.92 Å². The summed E-state index contributed by atoms with van der Waals surface area (Å²) in [6.45, 7) is 4.98. The van der Waals surface area contributed by atoms with E-state index in [4.69, 9.17) is 16.0 Å². The minimum Gasteiger partial charge on any atom is -0.467 e. The van der Waals surface area contributed by atoms with Crippen LogP contribution in [-0.2, 0) is 11.3 Å². The van der Waals surface area contributed by atoms with Gasteiger partial charge in [0.05, 0.1) is 35.4 Å². The summed E-state index contributed by atoms with van der Waals surface area (Å²) < 4.78 is 5.41. The molecule has 8 nitrogen and oxygen atoms in total. The molecule has 1 aliphatic heterocycles. The molecule has 0 radical (unpaired) electrons. The second-order valence-corrected chi connectivity index (χ2v) is 8.33. The number of aryl methyl sites for hydroxylation is 1. The molecule has 1 fully saturated rings. The molecular formula is C24H26ClN5O3. The van der Waals surface area contributed by atoms with E-state index in [1.54, 1.807) is 29.5 Å². The van der Waals surface area contributed by atoms with Gasteiger partial charge in [0.15, 0.2) is 0 Å². The Balaban J connectivity index is 1.36. The number of carbonyl (C=O) groups is 2. The van der Waals surface area contributed by atoms with Crippen LogP contribution >= 0.6 is 11.6 Å². The third-order valence-corrected chi connectivity index (χ3v) is 5.95. The molecule has 1 saturated heterocycles. The Hall–Kier alpha value is -3.39. The van der Waals surface area contributed by atoms with E-state index in [0.29, 0.717) is 37.0 Å². The molecule has 0 N–H and O–H groups in total. The van der Waals surface area contributed by atoms with E-state index in [1.165, 1.54) is 6.20 Å². The molecule has 0 saturated carbocycles. The van der Waals surface area contributed by atoms with Crippen molar-refractivity contribution in [2.45, 2.75) is 19.9 Å². The highest BCUT2D eigenvalue weighted by Gasteiger charge is 2.25. The normalized spacial score (nSPS) is 13.8. The van der Waals surface area contributed by atoms with E-state index in [0.717, 1.165) is 11.4 Å². The average molecular weight is 468 g/mol. The van der Waals surface area contributed by atoms with Gasteiger partial charge < -0.3 is 19.1 Å². The fourth-order valence-corrected chi connectivity index (χ4v) is 4.06. The van der Waals surface area contributed by atoms with Gasteiger partial charge in [0.25, 0.3) is 5.91 Å². The number of hydrogen-bond donors (Lipinski definition) is 0. The monoisotopic (exact) mass is 467 g/mol. The second-order valence-electron chi connectivity index (χ2n) is 7.92. The van der Waals surface area contributed by atoms with Crippen LogP contribution in [0.15, 0.2) is 59.5 Å². The number of furan rings is 1. The number of amides is 2. The Kier molecular flexibility index (Phi) is 7.24. The maximum absolute atomic E-state index is 13.0. The minimum atomic E-state index is -0.282. The predicted octanol–water partition coefficient (Wildman–Crippen LogP) is 3.41. The van der Waals surface area contributed by atoms with Gasteiger partial charge in [-0.25, -0.2) is 4.98 Å².